The molecule has 0 N–H and O–H groups in total. The molecule has 2 rings (SSSR count). The van der Waals surface area contributed by atoms with E-state index in [4.69, 9.17) is 14.2 Å². The molecule has 1 aromatic rings. The van der Waals surface area contributed by atoms with Gasteiger partial charge >= 0.3 is 11.9 Å². The minimum Gasteiger partial charge on any atom is -0.422 e. The Balaban J connectivity index is 2.00. The summed E-state index contributed by atoms with van der Waals surface area (Å²) in [6.45, 7) is 6.41. The van der Waals surface area contributed by atoms with Crippen molar-refractivity contribution < 1.29 is 28.6 Å². The van der Waals surface area contributed by atoms with Crippen molar-refractivity contribution in [1.82, 2.24) is 0 Å². The van der Waals surface area contributed by atoms with Gasteiger partial charge in [0.25, 0.3) is 5.79 Å². The maximum Gasteiger partial charge on any atom is 0.329 e. The third-order valence-corrected chi connectivity index (χ3v) is 4.40. The second kappa shape index (κ2) is 9.41. The highest BCUT2D eigenvalue weighted by molar-refractivity contribution is 6.10. The minimum atomic E-state index is -1.19. The van der Waals surface area contributed by atoms with Crippen molar-refractivity contribution in [2.24, 2.45) is 10.9 Å². The number of hydrogen-bond donors (Lipinski definition) is 0. The van der Waals surface area contributed by atoms with Crippen LogP contribution < -0.4 is 0 Å². The molecule has 7 nitrogen and oxygen atoms in total. The Morgan fingerprint density at radius 2 is 1.70 bits per heavy atom. The normalized spacial score (nSPS) is 17.0. The van der Waals surface area contributed by atoms with E-state index in [1.807, 2.05) is 6.92 Å². The fourth-order valence-corrected chi connectivity index (χ4v) is 2.62. The number of carbonyl (C=O) groups is 3. The standard InChI is InChI=1S/C20H25NO6/c1-4-20(5-2)26-18(23)16(19(24)27-20)13-21-15-9-7-14(8-10-15)17(22)11-12-25-6-3/h7-10,13,16H,4-6,11-12H2,1-3H3. The van der Waals surface area contributed by atoms with E-state index in [9.17, 15) is 14.4 Å². The van der Waals surface area contributed by atoms with Gasteiger partial charge in [0.05, 0.1) is 12.3 Å². The van der Waals surface area contributed by atoms with E-state index in [1.54, 1.807) is 38.1 Å². The summed E-state index contributed by atoms with van der Waals surface area (Å²) in [5.41, 5.74) is 1.07. The van der Waals surface area contributed by atoms with Gasteiger partial charge in [-0.15, -0.1) is 0 Å². The third kappa shape index (κ3) is 5.23. The molecule has 7 heteroatoms. The topological polar surface area (TPSA) is 91.3 Å². The van der Waals surface area contributed by atoms with Crippen LogP contribution >= 0.6 is 0 Å². The summed E-state index contributed by atoms with van der Waals surface area (Å²) >= 11 is 0. The van der Waals surface area contributed by atoms with Gasteiger partial charge in [0.15, 0.2) is 11.7 Å². The molecule has 0 aliphatic carbocycles. The molecule has 0 bridgehead atoms. The SMILES string of the molecule is CCOCCC(=O)c1ccc(N=CC2C(=O)OC(CC)(CC)OC2=O)cc1. The number of aliphatic imine (C=N–C) groups is 1. The molecular formula is C20H25NO6. The van der Waals surface area contributed by atoms with Crippen molar-refractivity contribution >= 4 is 29.6 Å². The predicted octanol–water partition coefficient (Wildman–Crippen LogP) is 3.23. The number of benzene rings is 1. The predicted molar refractivity (Wildman–Crippen MR) is 99.0 cm³/mol. The van der Waals surface area contributed by atoms with Crippen molar-refractivity contribution in [3.8, 4) is 0 Å². The molecule has 1 aliphatic heterocycles. The summed E-state index contributed by atoms with van der Waals surface area (Å²) < 4.78 is 15.8. The number of ether oxygens (including phenoxy) is 3. The Morgan fingerprint density at radius 1 is 1.11 bits per heavy atom. The molecule has 0 unspecified atom stereocenters. The lowest BCUT2D eigenvalue weighted by Crippen LogP contribution is -2.49. The highest BCUT2D eigenvalue weighted by atomic mass is 16.7. The van der Waals surface area contributed by atoms with Gasteiger partial charge in [-0.1, -0.05) is 13.8 Å². The molecule has 146 valence electrons. The summed E-state index contributed by atoms with van der Waals surface area (Å²) in [6.07, 6.45) is 2.31. The fraction of sp³-hybridized carbons (Fsp3) is 0.500. The zero-order valence-electron chi connectivity index (χ0n) is 15.9. The Hall–Kier alpha value is -2.54. The highest BCUT2D eigenvalue weighted by Crippen LogP contribution is 2.29. The smallest absolute Gasteiger partial charge is 0.329 e. The molecule has 0 spiro atoms. The first kappa shape index (κ1) is 20.8. The third-order valence-electron chi connectivity index (χ3n) is 4.40. The molecule has 0 radical (unpaired) electrons. The van der Waals surface area contributed by atoms with Gasteiger partial charge < -0.3 is 14.2 Å². The van der Waals surface area contributed by atoms with E-state index < -0.39 is 23.6 Å². The molecule has 0 saturated carbocycles. The summed E-state index contributed by atoms with van der Waals surface area (Å²) in [6, 6.07) is 6.59. The van der Waals surface area contributed by atoms with Crippen LogP contribution in [0.4, 0.5) is 5.69 Å². The minimum absolute atomic E-state index is 0.0195. The largest absolute Gasteiger partial charge is 0.422 e. The number of cyclic esters (lactones) is 2. The lowest BCUT2D eigenvalue weighted by molar-refractivity contribution is -0.250. The van der Waals surface area contributed by atoms with Crippen molar-refractivity contribution in [3.63, 3.8) is 0 Å². The van der Waals surface area contributed by atoms with Gasteiger partial charge in [0, 0.05) is 37.6 Å². The average Bonchev–Trinajstić information content (AvgIpc) is 2.67. The van der Waals surface area contributed by atoms with Gasteiger partial charge in [0.2, 0.25) is 0 Å². The van der Waals surface area contributed by atoms with Crippen LogP contribution in [0.2, 0.25) is 0 Å². The Kier molecular flexibility index (Phi) is 7.24. The second-order valence-electron chi connectivity index (χ2n) is 6.13. The van der Waals surface area contributed by atoms with Gasteiger partial charge in [-0.25, -0.2) is 0 Å². The zero-order valence-corrected chi connectivity index (χ0v) is 15.9. The summed E-state index contributed by atoms with van der Waals surface area (Å²) in [4.78, 5) is 40.5. The van der Waals surface area contributed by atoms with Crippen LogP contribution in [-0.4, -0.2) is 42.9 Å². The molecule has 0 aromatic heterocycles. The average molecular weight is 375 g/mol. The van der Waals surface area contributed by atoms with E-state index in [1.165, 1.54) is 6.21 Å². The van der Waals surface area contributed by atoms with Crippen LogP contribution in [0, 0.1) is 5.92 Å². The summed E-state index contributed by atoms with van der Waals surface area (Å²) in [5.74, 6) is -3.72. The molecule has 0 atom stereocenters. The van der Waals surface area contributed by atoms with Crippen molar-refractivity contribution in [3.05, 3.63) is 29.8 Å². The first-order chi connectivity index (χ1) is 12.9. The van der Waals surface area contributed by atoms with E-state index in [2.05, 4.69) is 4.99 Å². The summed E-state index contributed by atoms with van der Waals surface area (Å²) in [7, 11) is 0. The van der Waals surface area contributed by atoms with E-state index in [-0.39, 0.29) is 5.78 Å². The van der Waals surface area contributed by atoms with Crippen LogP contribution in [0.3, 0.4) is 0 Å². The number of carbonyl (C=O) groups excluding carboxylic acids is 3. The Morgan fingerprint density at radius 3 is 2.22 bits per heavy atom. The van der Waals surface area contributed by atoms with Gasteiger partial charge in [-0.3, -0.25) is 19.4 Å². The molecule has 1 aliphatic rings. The number of Topliss-reactive ketones (excluding diaryl/α,β-unsaturated/α-hetero) is 1. The van der Waals surface area contributed by atoms with E-state index in [0.29, 0.717) is 43.7 Å². The Bertz CT molecular complexity index is 686. The maximum atomic E-state index is 12.2. The van der Waals surface area contributed by atoms with Crippen LogP contribution in [0.25, 0.3) is 0 Å². The van der Waals surface area contributed by atoms with Crippen molar-refractivity contribution in [2.75, 3.05) is 13.2 Å². The molecule has 1 aromatic carbocycles. The van der Waals surface area contributed by atoms with Crippen LogP contribution in [0.5, 0.6) is 0 Å². The molecule has 1 saturated heterocycles. The highest BCUT2D eigenvalue weighted by Gasteiger charge is 2.46. The molecular weight excluding hydrogens is 350 g/mol. The molecule has 1 fully saturated rings. The number of nitrogens with zero attached hydrogens (tertiary/aromatic N) is 1. The number of hydrogen-bond acceptors (Lipinski definition) is 7. The van der Waals surface area contributed by atoms with Crippen LogP contribution in [-0.2, 0) is 23.8 Å². The molecule has 27 heavy (non-hydrogen) atoms. The quantitative estimate of drug-likeness (QED) is 0.216. The number of ketones is 1. The van der Waals surface area contributed by atoms with Gasteiger partial charge in [-0.05, 0) is 31.2 Å². The summed E-state index contributed by atoms with van der Waals surface area (Å²) in [5, 5.41) is 0. The monoisotopic (exact) mass is 375 g/mol. The van der Waals surface area contributed by atoms with Crippen molar-refractivity contribution in [2.45, 2.75) is 45.8 Å². The first-order valence-electron chi connectivity index (χ1n) is 9.15. The first-order valence-corrected chi connectivity index (χ1v) is 9.15. The molecule has 1 heterocycles. The zero-order chi connectivity index (χ0) is 19.9. The lowest BCUT2D eigenvalue weighted by Gasteiger charge is -2.36. The molecule has 0 amide bonds. The van der Waals surface area contributed by atoms with E-state index >= 15 is 0 Å². The van der Waals surface area contributed by atoms with Crippen LogP contribution in [0.15, 0.2) is 29.3 Å². The second-order valence-corrected chi connectivity index (χ2v) is 6.13. The van der Waals surface area contributed by atoms with Gasteiger partial charge in [-0.2, -0.15) is 0 Å². The van der Waals surface area contributed by atoms with E-state index in [0.717, 1.165) is 0 Å². The number of rotatable bonds is 9. The van der Waals surface area contributed by atoms with Crippen LogP contribution in [0.1, 0.15) is 50.4 Å². The number of esters is 2. The fourth-order valence-electron chi connectivity index (χ4n) is 2.62. The Labute approximate surface area is 158 Å². The maximum absolute atomic E-state index is 12.2. The van der Waals surface area contributed by atoms with Crippen molar-refractivity contribution in [1.29, 1.82) is 0 Å². The van der Waals surface area contributed by atoms with Gasteiger partial charge in [0.1, 0.15) is 0 Å². The lowest BCUT2D eigenvalue weighted by atomic mass is 10.1.